The highest BCUT2D eigenvalue weighted by atomic mass is 32.2. The van der Waals surface area contributed by atoms with Gasteiger partial charge in [0.15, 0.2) is 0 Å². The van der Waals surface area contributed by atoms with Crippen molar-refractivity contribution in [2.75, 3.05) is 38.5 Å². The Balaban J connectivity index is 1.56. The molecule has 0 unspecified atom stereocenters. The van der Waals surface area contributed by atoms with Crippen LogP contribution in [0.3, 0.4) is 0 Å². The molecule has 1 fully saturated rings. The van der Waals surface area contributed by atoms with Gasteiger partial charge in [0.25, 0.3) is 5.56 Å². The van der Waals surface area contributed by atoms with Gasteiger partial charge in [-0.05, 0) is 100 Å². The summed E-state index contributed by atoms with van der Waals surface area (Å²) in [5, 5.41) is 4.26. The van der Waals surface area contributed by atoms with E-state index < -0.39 is 0 Å². The maximum absolute atomic E-state index is 13.4. The lowest BCUT2D eigenvalue weighted by atomic mass is 9.94. The number of hydrogen-bond acceptors (Lipinski definition) is 7. The summed E-state index contributed by atoms with van der Waals surface area (Å²) >= 11 is 1.61. The number of hydrogen-bond donors (Lipinski definition) is 2. The Bertz CT molecular complexity index is 1190. The van der Waals surface area contributed by atoms with Crippen molar-refractivity contribution in [3.63, 3.8) is 0 Å². The number of anilines is 1. The van der Waals surface area contributed by atoms with E-state index in [1.54, 1.807) is 16.5 Å². The Kier molecular flexibility index (Phi) is 8.24. The summed E-state index contributed by atoms with van der Waals surface area (Å²) in [6.07, 6.45) is 5.46. The van der Waals surface area contributed by atoms with Crippen molar-refractivity contribution >= 4 is 28.9 Å². The molecule has 2 aromatic heterocycles. The van der Waals surface area contributed by atoms with Crippen LogP contribution >= 0.6 is 11.9 Å². The van der Waals surface area contributed by atoms with Crippen LogP contribution in [0.2, 0.25) is 0 Å². The molecule has 3 heterocycles. The standard InChI is InChI=1S/C26H36N6OS/c1-5-29-34-21-7-8-22(18(3)15-21)23-16-20-17-28-26(30-24(20)32(6-2)25(23)33)27-12-9-19-10-13-31(4)14-11-19/h7-8,15-17,19,29H,5-6,9-14H2,1-4H3,(H,27,28,30). The van der Waals surface area contributed by atoms with E-state index in [1.807, 2.05) is 25.3 Å². The Morgan fingerprint density at radius 2 is 1.94 bits per heavy atom. The van der Waals surface area contributed by atoms with Crippen molar-refractivity contribution in [2.45, 2.75) is 51.5 Å². The fraction of sp³-hybridized carbons (Fsp3) is 0.500. The first-order valence-corrected chi connectivity index (χ1v) is 13.2. The number of rotatable bonds is 9. The average molecular weight is 481 g/mol. The van der Waals surface area contributed by atoms with E-state index in [2.05, 4.69) is 53.0 Å². The molecule has 4 rings (SSSR count). The first kappa shape index (κ1) is 24.7. The first-order chi connectivity index (χ1) is 16.5. The number of nitrogens with zero attached hydrogens (tertiary/aromatic N) is 4. The van der Waals surface area contributed by atoms with E-state index in [0.717, 1.165) is 46.8 Å². The molecule has 0 atom stereocenters. The van der Waals surface area contributed by atoms with E-state index in [4.69, 9.17) is 4.98 Å². The van der Waals surface area contributed by atoms with Crippen molar-refractivity contribution in [2.24, 2.45) is 5.92 Å². The second-order valence-electron chi connectivity index (χ2n) is 9.12. The monoisotopic (exact) mass is 480 g/mol. The second kappa shape index (κ2) is 11.3. The van der Waals surface area contributed by atoms with Crippen LogP contribution in [0.25, 0.3) is 22.2 Å². The largest absolute Gasteiger partial charge is 0.354 e. The minimum Gasteiger partial charge on any atom is -0.354 e. The molecule has 2 N–H and O–H groups in total. The minimum atomic E-state index is -0.0128. The topological polar surface area (TPSA) is 75.1 Å². The van der Waals surface area contributed by atoms with Gasteiger partial charge >= 0.3 is 0 Å². The summed E-state index contributed by atoms with van der Waals surface area (Å²) < 4.78 is 5.03. The highest BCUT2D eigenvalue weighted by Crippen LogP contribution is 2.27. The van der Waals surface area contributed by atoms with Gasteiger partial charge in [-0.1, -0.05) is 13.0 Å². The Morgan fingerprint density at radius 1 is 1.15 bits per heavy atom. The molecule has 1 aliphatic heterocycles. The van der Waals surface area contributed by atoms with E-state index in [1.165, 1.54) is 25.9 Å². The molecule has 0 bridgehead atoms. The quantitative estimate of drug-likeness (QED) is 0.435. The van der Waals surface area contributed by atoms with Crippen molar-refractivity contribution < 1.29 is 0 Å². The Labute approximate surface area is 206 Å². The van der Waals surface area contributed by atoms with Crippen molar-refractivity contribution in [1.29, 1.82) is 0 Å². The summed E-state index contributed by atoms with van der Waals surface area (Å²) in [5.74, 6) is 1.35. The number of aromatic nitrogens is 3. The number of fused-ring (bicyclic) bond motifs is 1. The molecule has 0 amide bonds. The minimum absolute atomic E-state index is 0.0128. The predicted octanol–water partition coefficient (Wildman–Crippen LogP) is 4.55. The first-order valence-electron chi connectivity index (χ1n) is 12.3. The fourth-order valence-corrected chi connectivity index (χ4v) is 5.31. The van der Waals surface area contributed by atoms with Gasteiger partial charge in [0, 0.05) is 41.7 Å². The van der Waals surface area contributed by atoms with Gasteiger partial charge in [-0.3, -0.25) is 14.1 Å². The van der Waals surface area contributed by atoms with Crippen molar-refractivity contribution in [1.82, 2.24) is 24.2 Å². The highest BCUT2D eigenvalue weighted by Gasteiger charge is 2.17. The maximum Gasteiger partial charge on any atom is 0.260 e. The molecular formula is C26H36N6OS. The van der Waals surface area contributed by atoms with Crippen LogP contribution in [0.4, 0.5) is 5.95 Å². The van der Waals surface area contributed by atoms with Gasteiger partial charge in [0.2, 0.25) is 5.95 Å². The third kappa shape index (κ3) is 5.62. The molecule has 0 spiro atoms. The Morgan fingerprint density at radius 3 is 2.65 bits per heavy atom. The molecule has 1 aromatic carbocycles. The smallest absolute Gasteiger partial charge is 0.260 e. The molecule has 3 aromatic rings. The van der Waals surface area contributed by atoms with Gasteiger partial charge in [0.05, 0.1) is 0 Å². The molecule has 0 aliphatic carbocycles. The third-order valence-electron chi connectivity index (χ3n) is 6.64. The number of likely N-dealkylation sites (tertiary alicyclic amines) is 1. The lowest BCUT2D eigenvalue weighted by Crippen LogP contribution is -2.31. The van der Waals surface area contributed by atoms with Gasteiger partial charge < -0.3 is 10.2 Å². The predicted molar refractivity (Wildman–Crippen MR) is 143 cm³/mol. The summed E-state index contributed by atoms with van der Waals surface area (Å²) in [6.45, 7) is 10.8. The highest BCUT2D eigenvalue weighted by molar-refractivity contribution is 7.97. The molecule has 34 heavy (non-hydrogen) atoms. The molecule has 7 nitrogen and oxygen atoms in total. The van der Waals surface area contributed by atoms with E-state index in [9.17, 15) is 4.79 Å². The summed E-state index contributed by atoms with van der Waals surface area (Å²) in [7, 11) is 2.19. The van der Waals surface area contributed by atoms with Crippen molar-refractivity contribution in [3.8, 4) is 11.1 Å². The van der Waals surface area contributed by atoms with Gasteiger partial charge in [-0.2, -0.15) is 4.98 Å². The van der Waals surface area contributed by atoms with Gasteiger partial charge in [-0.15, -0.1) is 0 Å². The fourth-order valence-electron chi connectivity index (χ4n) is 4.63. The van der Waals surface area contributed by atoms with Crippen molar-refractivity contribution in [3.05, 3.63) is 46.4 Å². The molecule has 0 radical (unpaired) electrons. The molecule has 0 saturated carbocycles. The number of benzene rings is 1. The lowest BCUT2D eigenvalue weighted by molar-refractivity contribution is 0.215. The average Bonchev–Trinajstić information content (AvgIpc) is 2.84. The molecular weight excluding hydrogens is 444 g/mol. The normalized spacial score (nSPS) is 15.2. The van der Waals surface area contributed by atoms with Crippen LogP contribution < -0.4 is 15.6 Å². The zero-order valence-corrected chi connectivity index (χ0v) is 21.5. The summed E-state index contributed by atoms with van der Waals surface area (Å²) in [5.41, 5.74) is 3.40. The van der Waals surface area contributed by atoms with Crippen LogP contribution in [-0.2, 0) is 6.54 Å². The van der Waals surface area contributed by atoms with Gasteiger partial charge in [0.1, 0.15) is 5.65 Å². The number of aryl methyl sites for hydroxylation is 2. The second-order valence-corrected chi connectivity index (χ2v) is 10.1. The summed E-state index contributed by atoms with van der Waals surface area (Å²) in [6, 6.07) is 8.16. The van der Waals surface area contributed by atoms with Crippen LogP contribution in [0.1, 0.15) is 38.7 Å². The zero-order valence-electron chi connectivity index (χ0n) is 20.7. The van der Waals surface area contributed by atoms with E-state index in [0.29, 0.717) is 23.7 Å². The SMILES string of the molecule is CCNSc1ccc(-c2cc3cnc(NCCC4CCN(C)CC4)nc3n(CC)c2=O)c(C)c1. The van der Waals surface area contributed by atoms with Gasteiger partial charge in [-0.25, -0.2) is 4.98 Å². The van der Waals surface area contributed by atoms with E-state index >= 15 is 0 Å². The number of piperidine rings is 1. The van der Waals surface area contributed by atoms with Crippen LogP contribution in [0, 0.1) is 12.8 Å². The maximum atomic E-state index is 13.4. The molecule has 1 aliphatic rings. The third-order valence-corrected chi connectivity index (χ3v) is 7.56. The van der Waals surface area contributed by atoms with Crippen LogP contribution in [0.15, 0.2) is 40.2 Å². The summed E-state index contributed by atoms with van der Waals surface area (Å²) in [4.78, 5) is 26.3. The van der Waals surface area contributed by atoms with Crippen LogP contribution in [0.5, 0.6) is 0 Å². The number of pyridine rings is 1. The Hall–Kier alpha value is -2.42. The van der Waals surface area contributed by atoms with Crippen LogP contribution in [-0.4, -0.2) is 52.7 Å². The number of nitrogens with one attached hydrogen (secondary N) is 2. The molecule has 182 valence electrons. The zero-order chi connectivity index (χ0) is 24.1. The molecule has 8 heteroatoms. The molecule has 1 saturated heterocycles. The lowest BCUT2D eigenvalue weighted by Gasteiger charge is -2.28. The van der Waals surface area contributed by atoms with E-state index in [-0.39, 0.29) is 5.56 Å².